The van der Waals surface area contributed by atoms with Gasteiger partial charge in [0.25, 0.3) is 5.91 Å². The van der Waals surface area contributed by atoms with Crippen molar-refractivity contribution in [3.8, 4) is 17.2 Å². The number of nitriles is 1. The van der Waals surface area contributed by atoms with Crippen molar-refractivity contribution in [3.05, 3.63) is 70.8 Å². The number of likely N-dealkylation sites (tertiary alicyclic amines) is 1. The van der Waals surface area contributed by atoms with Gasteiger partial charge in [-0.2, -0.15) is 5.26 Å². The van der Waals surface area contributed by atoms with E-state index in [9.17, 15) is 10.1 Å². The Morgan fingerprint density at radius 1 is 1.09 bits per heavy atom. The van der Waals surface area contributed by atoms with Crippen LogP contribution in [0, 0.1) is 25.2 Å². The van der Waals surface area contributed by atoms with E-state index in [0.29, 0.717) is 16.6 Å². The van der Waals surface area contributed by atoms with Crippen LogP contribution in [0.3, 0.4) is 0 Å². The molecule has 0 atom stereocenters. The van der Waals surface area contributed by atoms with E-state index in [1.54, 1.807) is 0 Å². The number of nitrogens with zero attached hydrogens (tertiary/aromatic N) is 3. The van der Waals surface area contributed by atoms with Gasteiger partial charge < -0.3 is 16.0 Å². The summed E-state index contributed by atoms with van der Waals surface area (Å²) in [5, 5.41) is 14.2. The fourth-order valence-corrected chi connectivity index (χ4v) is 5.85. The Balaban J connectivity index is 1.77. The number of carbonyl (C=O) groups excluding carboxylic acids is 1. The van der Waals surface area contributed by atoms with Gasteiger partial charge in [-0.05, 0) is 56.4 Å². The van der Waals surface area contributed by atoms with E-state index in [0.717, 1.165) is 70.0 Å². The van der Waals surface area contributed by atoms with E-state index in [4.69, 9.17) is 5.73 Å². The number of thiophene rings is 1. The van der Waals surface area contributed by atoms with E-state index in [2.05, 4.69) is 16.4 Å². The van der Waals surface area contributed by atoms with Crippen molar-refractivity contribution >= 4 is 44.0 Å². The van der Waals surface area contributed by atoms with Crippen molar-refractivity contribution in [1.82, 2.24) is 9.88 Å². The molecular formula is C28H27N5OS. The second-order valence-corrected chi connectivity index (χ2v) is 10.1. The second kappa shape index (κ2) is 9.40. The number of aryl methyl sites for hydroxylation is 2. The monoisotopic (exact) mass is 481 g/mol. The minimum atomic E-state index is -0.0439. The number of fused-ring (bicyclic) bond motifs is 1. The van der Waals surface area contributed by atoms with Crippen molar-refractivity contribution in [2.75, 3.05) is 24.1 Å². The number of amides is 1. The number of nitrogens with two attached hydrogens (primary N) is 1. The summed E-state index contributed by atoms with van der Waals surface area (Å²) in [5.41, 5.74) is 12.5. The molecule has 1 aliphatic heterocycles. The molecule has 3 heterocycles. The first-order valence-corrected chi connectivity index (χ1v) is 12.6. The number of anilines is 3. The Morgan fingerprint density at radius 2 is 1.83 bits per heavy atom. The van der Waals surface area contributed by atoms with Crippen LogP contribution in [0.2, 0.25) is 0 Å². The maximum absolute atomic E-state index is 13.9. The number of hydrogen-bond acceptors (Lipinski definition) is 6. The Morgan fingerprint density at radius 3 is 2.51 bits per heavy atom. The zero-order valence-corrected chi connectivity index (χ0v) is 20.7. The molecule has 6 nitrogen and oxygen atoms in total. The molecule has 4 aromatic rings. The highest BCUT2D eigenvalue weighted by Gasteiger charge is 2.29. The molecule has 2 aromatic heterocycles. The molecule has 3 N–H and O–H groups in total. The summed E-state index contributed by atoms with van der Waals surface area (Å²) in [4.78, 5) is 20.4. The molecule has 1 aliphatic rings. The minimum absolute atomic E-state index is 0.0439. The zero-order chi connectivity index (χ0) is 24.5. The van der Waals surface area contributed by atoms with Crippen LogP contribution in [-0.4, -0.2) is 28.9 Å². The molecule has 2 aromatic carbocycles. The fraction of sp³-hybridized carbons (Fsp3) is 0.250. The number of nitrogens with one attached hydrogen (secondary N) is 1. The van der Waals surface area contributed by atoms with Gasteiger partial charge in [-0.1, -0.05) is 42.0 Å². The highest BCUT2D eigenvalue weighted by Crippen LogP contribution is 2.45. The summed E-state index contributed by atoms with van der Waals surface area (Å²) in [6, 6.07) is 18.3. The van der Waals surface area contributed by atoms with E-state index in [1.165, 1.54) is 11.3 Å². The van der Waals surface area contributed by atoms with Gasteiger partial charge in [0, 0.05) is 24.3 Å². The van der Waals surface area contributed by atoms with Crippen LogP contribution >= 0.6 is 11.3 Å². The number of rotatable bonds is 4. The van der Waals surface area contributed by atoms with Crippen LogP contribution in [0.15, 0.2) is 48.5 Å². The van der Waals surface area contributed by atoms with Crippen LogP contribution in [0.25, 0.3) is 21.3 Å². The average Bonchev–Trinajstić information content (AvgIpc) is 3.21. The van der Waals surface area contributed by atoms with Gasteiger partial charge >= 0.3 is 0 Å². The van der Waals surface area contributed by atoms with Crippen LogP contribution in [0.4, 0.5) is 16.5 Å². The Labute approximate surface area is 209 Å². The molecule has 0 bridgehead atoms. The lowest BCUT2D eigenvalue weighted by Crippen LogP contribution is -2.35. The first-order valence-electron chi connectivity index (χ1n) is 11.8. The predicted molar refractivity (Wildman–Crippen MR) is 143 cm³/mol. The third kappa shape index (κ3) is 4.33. The lowest BCUT2D eigenvalue weighted by molar-refractivity contribution is 0.0727. The van der Waals surface area contributed by atoms with Crippen molar-refractivity contribution in [2.24, 2.45) is 0 Å². The fourth-order valence-electron chi connectivity index (χ4n) is 4.62. The maximum Gasteiger partial charge on any atom is 0.259 e. The van der Waals surface area contributed by atoms with E-state index in [-0.39, 0.29) is 11.7 Å². The topological polar surface area (TPSA) is 95.0 Å². The zero-order valence-electron chi connectivity index (χ0n) is 19.9. The van der Waals surface area contributed by atoms with Gasteiger partial charge in [-0.25, -0.2) is 4.98 Å². The summed E-state index contributed by atoms with van der Waals surface area (Å²) in [6.07, 6.45) is 3.13. The third-order valence-corrected chi connectivity index (χ3v) is 7.55. The van der Waals surface area contributed by atoms with E-state index in [1.807, 2.05) is 67.3 Å². The summed E-state index contributed by atoms with van der Waals surface area (Å²) in [5.74, 6) is 0.0979. The largest absolute Gasteiger partial charge is 0.383 e. The molecule has 0 unspecified atom stereocenters. The highest BCUT2D eigenvalue weighted by molar-refractivity contribution is 7.24. The molecule has 0 radical (unpaired) electrons. The Bertz CT molecular complexity index is 1460. The van der Waals surface area contributed by atoms with Gasteiger partial charge in [-0.3, -0.25) is 4.79 Å². The number of carbonyl (C=O) groups is 1. The Kier molecular flexibility index (Phi) is 6.14. The maximum atomic E-state index is 13.9. The first kappa shape index (κ1) is 22.9. The highest BCUT2D eigenvalue weighted by atomic mass is 32.1. The number of nitrogen functional groups attached to an aromatic ring is 1. The molecule has 1 saturated heterocycles. The smallest absolute Gasteiger partial charge is 0.259 e. The lowest BCUT2D eigenvalue weighted by atomic mass is 9.98. The van der Waals surface area contributed by atoms with Crippen molar-refractivity contribution in [2.45, 2.75) is 33.1 Å². The third-order valence-electron chi connectivity index (χ3n) is 6.43. The molecule has 35 heavy (non-hydrogen) atoms. The normalized spacial score (nSPS) is 13.6. The van der Waals surface area contributed by atoms with E-state index >= 15 is 0 Å². The summed E-state index contributed by atoms with van der Waals surface area (Å²) in [6.45, 7) is 5.52. The van der Waals surface area contributed by atoms with Crippen LogP contribution in [0.1, 0.15) is 46.3 Å². The molecule has 5 rings (SSSR count). The SMILES string of the molecule is Cc1ccc(-c2c(C#N)c(N)nc3c(C(=O)N4CCCCC4)c(Nc4cccc(C)c4)sc23)cc1. The number of pyridine rings is 1. The predicted octanol–water partition coefficient (Wildman–Crippen LogP) is 6.40. The molecule has 0 spiro atoms. The van der Waals surface area contributed by atoms with E-state index < -0.39 is 0 Å². The summed E-state index contributed by atoms with van der Waals surface area (Å²) in [7, 11) is 0. The van der Waals surface area contributed by atoms with Crippen molar-refractivity contribution in [1.29, 1.82) is 5.26 Å². The van der Waals surface area contributed by atoms with Crippen molar-refractivity contribution in [3.63, 3.8) is 0 Å². The average molecular weight is 482 g/mol. The molecule has 0 saturated carbocycles. The number of aromatic nitrogens is 1. The van der Waals surface area contributed by atoms with Gasteiger partial charge in [0.2, 0.25) is 0 Å². The van der Waals surface area contributed by atoms with Gasteiger partial charge in [0.15, 0.2) is 0 Å². The second-order valence-electron chi connectivity index (χ2n) is 9.06. The van der Waals surface area contributed by atoms with Crippen LogP contribution in [0.5, 0.6) is 0 Å². The van der Waals surface area contributed by atoms with Crippen LogP contribution < -0.4 is 11.1 Å². The number of piperidine rings is 1. The standard InChI is InChI=1S/C28H27N5OS/c1-17-9-11-19(12-10-17)22-21(16-29)26(30)32-24-23(28(34)33-13-4-3-5-14-33)27(35-25(22)24)31-20-8-6-7-18(2)15-20/h6-12,15,31H,3-5,13-14H2,1-2H3,(H2,30,32). The quantitative estimate of drug-likeness (QED) is 0.351. The summed E-state index contributed by atoms with van der Waals surface area (Å²) < 4.78 is 0.787. The minimum Gasteiger partial charge on any atom is -0.383 e. The summed E-state index contributed by atoms with van der Waals surface area (Å²) >= 11 is 1.45. The number of benzene rings is 2. The van der Waals surface area contributed by atoms with Crippen LogP contribution in [-0.2, 0) is 0 Å². The molecule has 176 valence electrons. The lowest BCUT2D eigenvalue weighted by Gasteiger charge is -2.27. The molecule has 0 aliphatic carbocycles. The van der Waals surface area contributed by atoms with Crippen molar-refractivity contribution < 1.29 is 4.79 Å². The van der Waals surface area contributed by atoms with Gasteiger partial charge in [-0.15, -0.1) is 11.3 Å². The number of hydrogen-bond donors (Lipinski definition) is 2. The van der Waals surface area contributed by atoms with Gasteiger partial charge in [0.05, 0.1) is 10.2 Å². The van der Waals surface area contributed by atoms with Gasteiger partial charge in [0.1, 0.15) is 28.0 Å². The molecular weight excluding hydrogens is 454 g/mol. The first-order chi connectivity index (χ1) is 17.0. The molecule has 7 heteroatoms. The molecule has 1 fully saturated rings. The molecule has 1 amide bonds. The Hall–Kier alpha value is -3.89.